The zero-order chi connectivity index (χ0) is 22.5. The molecule has 33 heavy (non-hydrogen) atoms. The van der Waals surface area contributed by atoms with Crippen molar-refractivity contribution in [3.8, 4) is 0 Å². The van der Waals surface area contributed by atoms with E-state index in [1.54, 1.807) is 5.31 Å². The fraction of sp³-hybridized carbons (Fsp3) is 0.300. The van der Waals surface area contributed by atoms with Crippen LogP contribution < -0.4 is 10.6 Å². The molecule has 1 fully saturated rings. The molecule has 6 rings (SSSR count). The Balaban J connectivity index is 1.50. The summed E-state index contributed by atoms with van der Waals surface area (Å²) < 4.78 is 6.53. The second-order valence-electron chi connectivity index (χ2n) is 10.0. The van der Waals surface area contributed by atoms with Gasteiger partial charge in [-0.25, -0.2) is 4.99 Å². The highest BCUT2D eigenvalue weighted by molar-refractivity contribution is 7.76. The van der Waals surface area contributed by atoms with Crippen molar-refractivity contribution in [3.05, 3.63) is 108 Å². The van der Waals surface area contributed by atoms with Crippen molar-refractivity contribution >= 4 is 24.4 Å². The lowest BCUT2D eigenvalue weighted by molar-refractivity contribution is 0.184. The first-order valence-electron chi connectivity index (χ1n) is 12.0. The maximum atomic E-state index is 6.53. The van der Waals surface area contributed by atoms with Crippen molar-refractivity contribution < 1.29 is 4.74 Å². The van der Waals surface area contributed by atoms with Gasteiger partial charge >= 0.3 is 0 Å². The van der Waals surface area contributed by atoms with Gasteiger partial charge in [0.25, 0.3) is 0 Å². The SMILES string of the molecule is CC1(C)[C@H]2C=C(P(c3ccccc3)c3ccccc3)[C@@]1(C1=N[C@@H](c3ccccc3)CO1)CC2. The van der Waals surface area contributed by atoms with E-state index in [2.05, 4.69) is 111 Å². The topological polar surface area (TPSA) is 21.6 Å². The molecule has 166 valence electrons. The summed E-state index contributed by atoms with van der Waals surface area (Å²) in [6.07, 6.45) is 4.94. The lowest BCUT2D eigenvalue weighted by Crippen LogP contribution is -2.42. The van der Waals surface area contributed by atoms with Crippen LogP contribution in [0, 0.1) is 16.7 Å². The van der Waals surface area contributed by atoms with Gasteiger partial charge in [0, 0.05) is 0 Å². The Labute approximate surface area is 198 Å². The fourth-order valence-electron chi connectivity index (χ4n) is 6.25. The predicted octanol–water partition coefficient (Wildman–Crippen LogP) is 6.61. The molecule has 3 aliphatic rings. The predicted molar refractivity (Wildman–Crippen MR) is 139 cm³/mol. The average molecular weight is 452 g/mol. The molecule has 0 N–H and O–H groups in total. The third-order valence-corrected chi connectivity index (χ3v) is 10.8. The highest BCUT2D eigenvalue weighted by Crippen LogP contribution is 2.73. The molecule has 3 aromatic rings. The molecule has 1 heterocycles. The van der Waals surface area contributed by atoms with Crippen LogP contribution in [0.5, 0.6) is 0 Å². The first-order chi connectivity index (χ1) is 16.1. The van der Waals surface area contributed by atoms with Crippen molar-refractivity contribution in [2.24, 2.45) is 21.7 Å². The molecule has 3 atom stereocenters. The first kappa shape index (κ1) is 20.9. The van der Waals surface area contributed by atoms with Crippen molar-refractivity contribution in [2.45, 2.75) is 32.7 Å². The molecule has 0 spiro atoms. The quantitative estimate of drug-likeness (QED) is 0.400. The number of nitrogens with zero attached hydrogens (tertiary/aromatic N) is 1. The third kappa shape index (κ3) is 3.15. The normalized spacial score (nSPS) is 27.4. The maximum absolute atomic E-state index is 6.53. The minimum atomic E-state index is -0.658. The van der Waals surface area contributed by atoms with Crippen LogP contribution in [0.25, 0.3) is 0 Å². The summed E-state index contributed by atoms with van der Waals surface area (Å²) in [5, 5.41) is 4.36. The number of rotatable bonds is 5. The molecule has 1 aliphatic heterocycles. The minimum Gasteiger partial charge on any atom is -0.478 e. The lowest BCUT2D eigenvalue weighted by atomic mass is 9.68. The summed E-state index contributed by atoms with van der Waals surface area (Å²) in [6.45, 7) is 5.53. The first-order valence-corrected chi connectivity index (χ1v) is 13.3. The number of ether oxygens (including phenoxy) is 1. The number of aliphatic imine (C=N–C) groups is 1. The van der Waals surface area contributed by atoms with Gasteiger partial charge in [0.2, 0.25) is 0 Å². The summed E-state index contributed by atoms with van der Waals surface area (Å²) in [7, 11) is -0.658. The lowest BCUT2D eigenvalue weighted by Gasteiger charge is -2.42. The molecule has 0 aromatic heterocycles. The van der Waals surface area contributed by atoms with Gasteiger partial charge in [-0.1, -0.05) is 111 Å². The highest BCUT2D eigenvalue weighted by atomic mass is 31.1. The van der Waals surface area contributed by atoms with Crippen molar-refractivity contribution in [1.29, 1.82) is 0 Å². The summed E-state index contributed by atoms with van der Waals surface area (Å²) in [4.78, 5) is 5.29. The second-order valence-corrected chi connectivity index (χ2v) is 12.2. The zero-order valence-corrected chi connectivity index (χ0v) is 20.2. The van der Waals surface area contributed by atoms with E-state index in [1.807, 2.05) is 0 Å². The van der Waals surface area contributed by atoms with E-state index < -0.39 is 7.92 Å². The van der Waals surface area contributed by atoms with E-state index in [0.717, 1.165) is 12.3 Å². The molecule has 0 unspecified atom stereocenters. The molecular formula is C30H30NOP. The van der Waals surface area contributed by atoms with Crippen LogP contribution in [0.1, 0.15) is 38.3 Å². The molecule has 0 saturated heterocycles. The van der Waals surface area contributed by atoms with Crippen LogP contribution in [-0.2, 0) is 4.74 Å². The maximum Gasteiger partial charge on any atom is 0.195 e. The monoisotopic (exact) mass is 451 g/mol. The Bertz CT molecular complexity index is 1160. The molecule has 0 radical (unpaired) electrons. The van der Waals surface area contributed by atoms with Gasteiger partial charge in [0.05, 0.1) is 5.41 Å². The minimum absolute atomic E-state index is 0.0898. The van der Waals surface area contributed by atoms with Gasteiger partial charge in [-0.2, -0.15) is 0 Å². The Kier molecular flexibility index (Phi) is 5.03. The van der Waals surface area contributed by atoms with Gasteiger partial charge in [-0.3, -0.25) is 0 Å². The molecule has 2 bridgehead atoms. The average Bonchev–Trinajstić information content (AvgIpc) is 3.51. The molecule has 3 aromatic carbocycles. The third-order valence-electron chi connectivity index (χ3n) is 8.12. The Hall–Kier alpha value is -2.70. The number of hydrogen-bond donors (Lipinski definition) is 0. The van der Waals surface area contributed by atoms with E-state index in [0.29, 0.717) is 12.5 Å². The molecule has 2 aliphatic carbocycles. The van der Waals surface area contributed by atoms with E-state index in [-0.39, 0.29) is 16.9 Å². The van der Waals surface area contributed by atoms with Gasteiger partial charge < -0.3 is 4.74 Å². The Morgan fingerprint density at radius 1 is 0.818 bits per heavy atom. The van der Waals surface area contributed by atoms with Crippen LogP contribution in [0.2, 0.25) is 0 Å². The fourth-order valence-corrected chi connectivity index (χ4v) is 9.25. The van der Waals surface area contributed by atoms with Crippen LogP contribution in [0.4, 0.5) is 0 Å². The summed E-state index contributed by atoms with van der Waals surface area (Å²) in [5.41, 5.74) is 1.20. The standard InChI is InChI=1S/C30H30NOP/c1-29(2)23-18-19-30(29,28-31-26(21-32-28)22-12-6-3-7-13-22)27(20-23)33(24-14-8-4-9-15-24)25-16-10-5-11-17-25/h3-17,20,23,26H,18-19,21H2,1-2H3/t23-,26-,30-/m1/s1. The van der Waals surface area contributed by atoms with Crippen molar-refractivity contribution in [3.63, 3.8) is 0 Å². The van der Waals surface area contributed by atoms with E-state index in [4.69, 9.17) is 9.73 Å². The molecule has 1 saturated carbocycles. The summed E-state index contributed by atoms with van der Waals surface area (Å²) >= 11 is 0. The second kappa shape index (κ2) is 7.96. The zero-order valence-electron chi connectivity index (χ0n) is 19.3. The number of allylic oxidation sites excluding steroid dienone is 1. The molecule has 2 nitrogen and oxygen atoms in total. The van der Waals surface area contributed by atoms with Crippen LogP contribution in [0.15, 0.2) is 107 Å². The summed E-state index contributed by atoms with van der Waals surface area (Å²) in [6, 6.07) is 32.8. The van der Waals surface area contributed by atoms with Gasteiger partial charge in [0.1, 0.15) is 12.6 Å². The number of fused-ring (bicyclic) bond motifs is 2. The molecule has 3 heteroatoms. The van der Waals surface area contributed by atoms with E-state index >= 15 is 0 Å². The van der Waals surface area contributed by atoms with E-state index in [1.165, 1.54) is 22.6 Å². The van der Waals surface area contributed by atoms with Crippen LogP contribution >= 0.6 is 7.92 Å². The van der Waals surface area contributed by atoms with Crippen molar-refractivity contribution in [2.75, 3.05) is 6.61 Å². The van der Waals surface area contributed by atoms with Gasteiger partial charge in [-0.05, 0) is 53.6 Å². The Morgan fingerprint density at radius 3 is 1.97 bits per heavy atom. The number of hydrogen-bond acceptors (Lipinski definition) is 2. The van der Waals surface area contributed by atoms with E-state index in [9.17, 15) is 0 Å². The Morgan fingerprint density at radius 2 is 1.39 bits per heavy atom. The summed E-state index contributed by atoms with van der Waals surface area (Å²) in [5.74, 6) is 1.54. The van der Waals surface area contributed by atoms with Crippen LogP contribution in [-0.4, -0.2) is 12.5 Å². The van der Waals surface area contributed by atoms with Gasteiger partial charge in [-0.15, -0.1) is 0 Å². The smallest absolute Gasteiger partial charge is 0.195 e. The molecule has 0 amide bonds. The highest BCUT2D eigenvalue weighted by Gasteiger charge is 2.65. The largest absolute Gasteiger partial charge is 0.478 e. The van der Waals surface area contributed by atoms with Crippen molar-refractivity contribution in [1.82, 2.24) is 0 Å². The molecular weight excluding hydrogens is 421 g/mol. The van der Waals surface area contributed by atoms with Gasteiger partial charge in [0.15, 0.2) is 5.90 Å². The number of benzene rings is 3. The van der Waals surface area contributed by atoms with Crippen LogP contribution in [0.3, 0.4) is 0 Å².